The molecular formula is C18H16N4O5. The summed E-state index contributed by atoms with van der Waals surface area (Å²) in [4.78, 5) is 22.6. The molecule has 0 spiro atoms. The van der Waals surface area contributed by atoms with Gasteiger partial charge in [-0.05, 0) is 18.2 Å². The van der Waals surface area contributed by atoms with Crippen LogP contribution in [0.3, 0.4) is 0 Å². The summed E-state index contributed by atoms with van der Waals surface area (Å²) in [5.74, 6) is -1.06. The average Bonchev–Trinajstić information content (AvgIpc) is 2.99. The number of para-hydroxylation sites is 1. The highest BCUT2D eigenvalue weighted by atomic mass is 16.6. The number of hydrogen-bond donors (Lipinski definition) is 2. The van der Waals surface area contributed by atoms with E-state index in [1.165, 1.54) is 19.4 Å². The molecule has 1 heterocycles. The van der Waals surface area contributed by atoms with Gasteiger partial charge in [0, 0.05) is 29.6 Å². The second-order valence-electron chi connectivity index (χ2n) is 5.69. The first-order chi connectivity index (χ1) is 12.9. The summed E-state index contributed by atoms with van der Waals surface area (Å²) in [5, 5.41) is 25.5. The number of aryl methyl sites for hydroxylation is 1. The van der Waals surface area contributed by atoms with Crippen molar-refractivity contribution < 1.29 is 19.6 Å². The van der Waals surface area contributed by atoms with Crippen LogP contribution in [-0.2, 0) is 7.05 Å². The number of phenols is 1. The van der Waals surface area contributed by atoms with E-state index in [-0.39, 0.29) is 11.3 Å². The van der Waals surface area contributed by atoms with Crippen LogP contribution < -0.4 is 10.2 Å². The standard InChI is InChI=1S/C18H16N4O5/c1-21-13-6-4-3-5-12(13)9-15(21)18(24)20-19-10-11-7-14(22(25)26)17(23)16(8-11)27-2/h3-10,23H,1-2H3,(H,20,24)/b19-10+. The SMILES string of the molecule is COc1cc(/C=N/NC(=O)c2cc3ccccc3n2C)cc([N+](=O)[O-])c1O. The Balaban J connectivity index is 1.82. The Morgan fingerprint density at radius 3 is 2.74 bits per heavy atom. The summed E-state index contributed by atoms with van der Waals surface area (Å²) in [7, 11) is 3.05. The number of aromatic nitrogens is 1. The number of methoxy groups -OCH3 is 1. The van der Waals surface area contributed by atoms with E-state index in [9.17, 15) is 20.0 Å². The molecule has 2 N–H and O–H groups in total. The highest BCUT2D eigenvalue weighted by Crippen LogP contribution is 2.36. The van der Waals surface area contributed by atoms with Crippen LogP contribution in [0, 0.1) is 10.1 Å². The van der Waals surface area contributed by atoms with Crippen molar-refractivity contribution in [2.24, 2.45) is 12.1 Å². The predicted octanol–water partition coefficient (Wildman–Crippen LogP) is 2.56. The monoisotopic (exact) mass is 368 g/mol. The number of rotatable bonds is 5. The first kappa shape index (κ1) is 17.9. The zero-order chi connectivity index (χ0) is 19.6. The maximum Gasteiger partial charge on any atom is 0.315 e. The molecule has 9 heteroatoms. The minimum atomic E-state index is -0.733. The summed E-state index contributed by atoms with van der Waals surface area (Å²) >= 11 is 0. The van der Waals surface area contributed by atoms with Gasteiger partial charge in [0.15, 0.2) is 5.75 Å². The van der Waals surface area contributed by atoms with E-state index in [4.69, 9.17) is 4.74 Å². The van der Waals surface area contributed by atoms with E-state index < -0.39 is 22.3 Å². The number of amides is 1. The Kier molecular flexibility index (Phi) is 4.75. The fourth-order valence-corrected chi connectivity index (χ4v) is 2.71. The van der Waals surface area contributed by atoms with Gasteiger partial charge in [0.1, 0.15) is 5.69 Å². The number of benzene rings is 2. The van der Waals surface area contributed by atoms with Crippen LogP contribution >= 0.6 is 0 Å². The van der Waals surface area contributed by atoms with Gasteiger partial charge < -0.3 is 14.4 Å². The predicted molar refractivity (Wildman–Crippen MR) is 99.3 cm³/mol. The van der Waals surface area contributed by atoms with Crippen molar-refractivity contribution in [3.05, 3.63) is 63.8 Å². The van der Waals surface area contributed by atoms with Crippen molar-refractivity contribution >= 4 is 28.7 Å². The van der Waals surface area contributed by atoms with Gasteiger partial charge in [-0.1, -0.05) is 18.2 Å². The smallest absolute Gasteiger partial charge is 0.315 e. The number of nitro benzene ring substituents is 1. The van der Waals surface area contributed by atoms with Crippen LogP contribution in [0.2, 0.25) is 0 Å². The summed E-state index contributed by atoms with van der Waals surface area (Å²) < 4.78 is 6.66. The lowest BCUT2D eigenvalue weighted by Gasteiger charge is -2.05. The number of nitrogens with zero attached hydrogens (tertiary/aromatic N) is 3. The highest BCUT2D eigenvalue weighted by molar-refractivity contribution is 5.99. The molecule has 27 heavy (non-hydrogen) atoms. The van der Waals surface area contributed by atoms with Gasteiger partial charge in [-0.3, -0.25) is 14.9 Å². The first-order valence-electron chi connectivity index (χ1n) is 7.85. The fourth-order valence-electron chi connectivity index (χ4n) is 2.71. The Bertz CT molecular complexity index is 1070. The number of hydrogen-bond acceptors (Lipinski definition) is 6. The quantitative estimate of drug-likeness (QED) is 0.407. The van der Waals surface area contributed by atoms with Gasteiger partial charge in [0.05, 0.1) is 18.2 Å². The number of fused-ring (bicyclic) bond motifs is 1. The Morgan fingerprint density at radius 1 is 1.33 bits per heavy atom. The largest absolute Gasteiger partial charge is 0.500 e. The molecule has 0 radical (unpaired) electrons. The topological polar surface area (TPSA) is 119 Å². The molecular weight excluding hydrogens is 352 g/mol. The maximum absolute atomic E-state index is 12.4. The zero-order valence-electron chi connectivity index (χ0n) is 14.5. The van der Waals surface area contributed by atoms with Crippen molar-refractivity contribution in [1.29, 1.82) is 0 Å². The molecule has 0 aliphatic carbocycles. The van der Waals surface area contributed by atoms with Crippen LogP contribution in [0.25, 0.3) is 10.9 Å². The van der Waals surface area contributed by atoms with Crippen LogP contribution in [0.15, 0.2) is 47.6 Å². The lowest BCUT2D eigenvalue weighted by atomic mass is 10.2. The van der Waals surface area contributed by atoms with E-state index in [0.29, 0.717) is 5.69 Å². The molecule has 0 saturated heterocycles. The van der Waals surface area contributed by atoms with Crippen molar-refractivity contribution in [3.8, 4) is 11.5 Å². The Morgan fingerprint density at radius 2 is 2.07 bits per heavy atom. The average molecular weight is 368 g/mol. The van der Waals surface area contributed by atoms with Gasteiger partial charge in [0.25, 0.3) is 5.91 Å². The second kappa shape index (κ2) is 7.16. The molecule has 9 nitrogen and oxygen atoms in total. The Hall–Kier alpha value is -3.88. The number of aromatic hydroxyl groups is 1. The molecule has 0 atom stereocenters. The van der Waals surface area contributed by atoms with Gasteiger partial charge in [-0.25, -0.2) is 5.43 Å². The summed E-state index contributed by atoms with van der Waals surface area (Å²) in [6.07, 6.45) is 1.23. The molecule has 0 unspecified atom stereocenters. The van der Waals surface area contributed by atoms with E-state index in [1.807, 2.05) is 24.3 Å². The van der Waals surface area contributed by atoms with Crippen molar-refractivity contribution in [3.63, 3.8) is 0 Å². The van der Waals surface area contributed by atoms with Crippen molar-refractivity contribution in [2.75, 3.05) is 7.11 Å². The van der Waals surface area contributed by atoms with E-state index >= 15 is 0 Å². The Labute approximate surface area is 153 Å². The molecule has 0 bridgehead atoms. The number of carbonyl (C=O) groups excluding carboxylic acids is 1. The summed E-state index contributed by atoms with van der Waals surface area (Å²) in [5.41, 5.74) is 3.48. The normalized spacial score (nSPS) is 11.0. The van der Waals surface area contributed by atoms with Gasteiger partial charge in [-0.15, -0.1) is 0 Å². The summed E-state index contributed by atoms with van der Waals surface area (Å²) in [6, 6.07) is 11.8. The lowest BCUT2D eigenvalue weighted by Crippen LogP contribution is -2.20. The lowest BCUT2D eigenvalue weighted by molar-refractivity contribution is -0.386. The van der Waals surface area contributed by atoms with E-state index in [2.05, 4.69) is 10.5 Å². The molecule has 0 fully saturated rings. The number of ether oxygens (including phenoxy) is 1. The summed E-state index contributed by atoms with van der Waals surface area (Å²) in [6.45, 7) is 0. The van der Waals surface area contributed by atoms with Gasteiger partial charge >= 0.3 is 5.69 Å². The van der Waals surface area contributed by atoms with Crippen molar-refractivity contribution in [2.45, 2.75) is 0 Å². The molecule has 138 valence electrons. The van der Waals surface area contributed by atoms with E-state index in [1.54, 1.807) is 17.7 Å². The third-order valence-electron chi connectivity index (χ3n) is 4.06. The molecule has 1 aromatic heterocycles. The second-order valence-corrected chi connectivity index (χ2v) is 5.69. The van der Waals surface area contributed by atoms with Crippen molar-refractivity contribution in [1.82, 2.24) is 9.99 Å². The minimum Gasteiger partial charge on any atom is -0.500 e. The molecule has 1 amide bonds. The first-order valence-corrected chi connectivity index (χ1v) is 7.85. The van der Waals surface area contributed by atoms with Crippen LogP contribution in [0.5, 0.6) is 11.5 Å². The van der Waals surface area contributed by atoms with Crippen LogP contribution in [-0.4, -0.2) is 33.8 Å². The minimum absolute atomic E-state index is 0.0642. The third kappa shape index (κ3) is 3.43. The maximum atomic E-state index is 12.4. The van der Waals surface area contributed by atoms with Crippen LogP contribution in [0.4, 0.5) is 5.69 Å². The number of phenolic OH excluding ortho intramolecular Hbond substituents is 1. The number of carbonyl (C=O) groups is 1. The molecule has 0 aliphatic rings. The fraction of sp³-hybridized carbons (Fsp3) is 0.111. The third-order valence-corrected chi connectivity index (χ3v) is 4.06. The van der Waals surface area contributed by atoms with Gasteiger partial charge in [0.2, 0.25) is 5.75 Å². The highest BCUT2D eigenvalue weighted by Gasteiger charge is 2.19. The molecule has 2 aromatic carbocycles. The molecule has 0 aliphatic heterocycles. The number of nitrogens with one attached hydrogen (secondary N) is 1. The zero-order valence-corrected chi connectivity index (χ0v) is 14.5. The number of nitro groups is 1. The molecule has 3 aromatic rings. The van der Waals surface area contributed by atoms with E-state index in [0.717, 1.165) is 17.0 Å². The van der Waals surface area contributed by atoms with Gasteiger partial charge in [-0.2, -0.15) is 5.10 Å². The van der Waals surface area contributed by atoms with Crippen LogP contribution in [0.1, 0.15) is 16.1 Å². The molecule has 0 saturated carbocycles. The molecule has 3 rings (SSSR count). The number of hydrazone groups is 1.